The van der Waals surface area contributed by atoms with Crippen molar-refractivity contribution >= 4 is 0 Å². The number of likely N-dealkylation sites (N-methyl/N-ethyl adjacent to an activating group) is 1. The van der Waals surface area contributed by atoms with Gasteiger partial charge in [-0.05, 0) is 48.6 Å². The van der Waals surface area contributed by atoms with Gasteiger partial charge in [0.15, 0.2) is 0 Å². The molecule has 0 amide bonds. The van der Waals surface area contributed by atoms with Gasteiger partial charge in [-0.15, -0.1) is 0 Å². The van der Waals surface area contributed by atoms with E-state index < -0.39 is 0 Å². The molecule has 112 valence electrons. The summed E-state index contributed by atoms with van der Waals surface area (Å²) < 4.78 is 0. The first-order valence-electron chi connectivity index (χ1n) is 8.11. The lowest BCUT2D eigenvalue weighted by Gasteiger charge is -2.20. The van der Waals surface area contributed by atoms with Gasteiger partial charge in [0.1, 0.15) is 0 Å². The van der Waals surface area contributed by atoms with Crippen LogP contribution in [0.3, 0.4) is 0 Å². The molecule has 1 nitrogen and oxygen atoms in total. The molecular weight excluding hydrogens is 254 g/mol. The van der Waals surface area contributed by atoms with E-state index in [2.05, 4.69) is 74.6 Å². The van der Waals surface area contributed by atoms with Crippen molar-refractivity contribution in [3.8, 4) is 0 Å². The van der Waals surface area contributed by atoms with E-state index in [4.69, 9.17) is 0 Å². The van der Waals surface area contributed by atoms with E-state index >= 15 is 0 Å². The van der Waals surface area contributed by atoms with Gasteiger partial charge < -0.3 is 5.32 Å². The Morgan fingerprint density at radius 2 is 1.81 bits per heavy atom. The van der Waals surface area contributed by atoms with Crippen molar-refractivity contribution < 1.29 is 0 Å². The lowest BCUT2D eigenvalue weighted by atomic mass is 9.94. The molecule has 0 fully saturated rings. The normalized spacial score (nSPS) is 12.3. The van der Waals surface area contributed by atoms with Crippen molar-refractivity contribution in [1.82, 2.24) is 5.32 Å². The Kier molecular flexibility index (Phi) is 6.01. The van der Waals surface area contributed by atoms with Gasteiger partial charge in [-0.2, -0.15) is 0 Å². The third kappa shape index (κ3) is 4.44. The van der Waals surface area contributed by atoms with Crippen LogP contribution >= 0.6 is 0 Å². The summed E-state index contributed by atoms with van der Waals surface area (Å²) in [5, 5.41) is 3.64. The smallest absolute Gasteiger partial charge is 0.0360 e. The van der Waals surface area contributed by atoms with Crippen molar-refractivity contribution in [3.63, 3.8) is 0 Å². The molecule has 0 aliphatic rings. The molecule has 0 bridgehead atoms. The van der Waals surface area contributed by atoms with Crippen LogP contribution in [0.15, 0.2) is 48.5 Å². The first kappa shape index (κ1) is 15.8. The summed E-state index contributed by atoms with van der Waals surface area (Å²) in [6.45, 7) is 7.61. The van der Waals surface area contributed by atoms with Crippen molar-refractivity contribution in [2.24, 2.45) is 0 Å². The standard InChI is InChI=1S/C20H27N/c1-4-9-17-11-8-13-19(14-17)20(21-5-2)15-18-12-7-6-10-16(18)3/h6-8,10-14,20-21H,4-5,9,15H2,1-3H3. The summed E-state index contributed by atoms with van der Waals surface area (Å²) >= 11 is 0. The number of benzene rings is 2. The zero-order valence-corrected chi connectivity index (χ0v) is 13.5. The van der Waals surface area contributed by atoms with Gasteiger partial charge >= 0.3 is 0 Å². The van der Waals surface area contributed by atoms with Crippen LogP contribution in [0.1, 0.15) is 48.6 Å². The Hall–Kier alpha value is -1.60. The first-order chi connectivity index (χ1) is 10.2. The van der Waals surface area contributed by atoms with E-state index in [-0.39, 0.29) is 0 Å². The molecule has 1 atom stereocenters. The summed E-state index contributed by atoms with van der Waals surface area (Å²) in [4.78, 5) is 0. The van der Waals surface area contributed by atoms with Crippen LogP contribution in [0, 0.1) is 6.92 Å². The van der Waals surface area contributed by atoms with E-state index in [0.717, 1.165) is 19.4 Å². The lowest BCUT2D eigenvalue weighted by Crippen LogP contribution is -2.23. The SMILES string of the molecule is CCCc1cccc(C(Cc2ccccc2C)NCC)c1. The van der Waals surface area contributed by atoms with Gasteiger partial charge in [0.25, 0.3) is 0 Å². The molecule has 2 rings (SSSR count). The number of hydrogen-bond donors (Lipinski definition) is 1. The monoisotopic (exact) mass is 281 g/mol. The molecule has 0 aliphatic heterocycles. The first-order valence-corrected chi connectivity index (χ1v) is 8.11. The van der Waals surface area contributed by atoms with Crippen molar-refractivity contribution in [2.75, 3.05) is 6.54 Å². The zero-order chi connectivity index (χ0) is 15.1. The van der Waals surface area contributed by atoms with E-state index in [1.165, 1.54) is 28.7 Å². The predicted octanol–water partition coefficient (Wildman–Crippen LogP) is 4.84. The average Bonchev–Trinajstić information content (AvgIpc) is 2.49. The van der Waals surface area contributed by atoms with Crippen LogP contribution in [-0.4, -0.2) is 6.54 Å². The number of rotatable bonds is 7. The maximum Gasteiger partial charge on any atom is 0.0360 e. The largest absolute Gasteiger partial charge is 0.310 e. The lowest BCUT2D eigenvalue weighted by molar-refractivity contribution is 0.548. The fourth-order valence-corrected chi connectivity index (χ4v) is 2.87. The fourth-order valence-electron chi connectivity index (χ4n) is 2.87. The zero-order valence-electron chi connectivity index (χ0n) is 13.5. The summed E-state index contributed by atoms with van der Waals surface area (Å²) in [7, 11) is 0. The third-order valence-corrected chi connectivity index (χ3v) is 4.03. The summed E-state index contributed by atoms with van der Waals surface area (Å²) in [5.41, 5.74) is 5.67. The molecule has 0 aromatic heterocycles. The van der Waals surface area contributed by atoms with Gasteiger partial charge in [0.2, 0.25) is 0 Å². The highest BCUT2D eigenvalue weighted by molar-refractivity contribution is 5.31. The van der Waals surface area contributed by atoms with Crippen LogP contribution in [-0.2, 0) is 12.8 Å². The Morgan fingerprint density at radius 1 is 1.00 bits per heavy atom. The van der Waals surface area contributed by atoms with Gasteiger partial charge in [0.05, 0.1) is 0 Å². The second kappa shape index (κ2) is 7.99. The minimum atomic E-state index is 0.396. The maximum absolute atomic E-state index is 3.64. The molecule has 1 unspecified atom stereocenters. The van der Waals surface area contributed by atoms with Crippen LogP contribution in [0.2, 0.25) is 0 Å². The van der Waals surface area contributed by atoms with Gasteiger partial charge in [-0.3, -0.25) is 0 Å². The van der Waals surface area contributed by atoms with Crippen molar-refractivity contribution in [2.45, 2.75) is 46.1 Å². The van der Waals surface area contributed by atoms with Gasteiger partial charge in [-0.1, -0.05) is 68.8 Å². The molecule has 2 aromatic carbocycles. The summed E-state index contributed by atoms with van der Waals surface area (Å²) in [6, 6.07) is 18.2. The summed E-state index contributed by atoms with van der Waals surface area (Å²) in [6.07, 6.45) is 3.42. The van der Waals surface area contributed by atoms with E-state index in [0.29, 0.717) is 6.04 Å². The van der Waals surface area contributed by atoms with E-state index in [9.17, 15) is 0 Å². The topological polar surface area (TPSA) is 12.0 Å². The van der Waals surface area contributed by atoms with Crippen LogP contribution in [0.4, 0.5) is 0 Å². The van der Waals surface area contributed by atoms with E-state index in [1.54, 1.807) is 0 Å². The summed E-state index contributed by atoms with van der Waals surface area (Å²) in [5.74, 6) is 0. The highest BCUT2D eigenvalue weighted by Crippen LogP contribution is 2.22. The number of aryl methyl sites for hydroxylation is 2. The van der Waals surface area contributed by atoms with Crippen LogP contribution in [0.25, 0.3) is 0 Å². The molecule has 0 heterocycles. The minimum Gasteiger partial charge on any atom is -0.310 e. The predicted molar refractivity (Wildman–Crippen MR) is 91.7 cm³/mol. The number of nitrogens with one attached hydrogen (secondary N) is 1. The average molecular weight is 281 g/mol. The molecule has 1 heteroatoms. The van der Waals surface area contributed by atoms with Crippen molar-refractivity contribution in [3.05, 3.63) is 70.8 Å². The Morgan fingerprint density at radius 3 is 2.52 bits per heavy atom. The van der Waals surface area contributed by atoms with Crippen LogP contribution < -0.4 is 5.32 Å². The Labute approximate surface area is 129 Å². The fraction of sp³-hybridized carbons (Fsp3) is 0.400. The van der Waals surface area contributed by atoms with Gasteiger partial charge in [-0.25, -0.2) is 0 Å². The number of hydrogen-bond acceptors (Lipinski definition) is 1. The maximum atomic E-state index is 3.64. The molecule has 0 saturated carbocycles. The highest BCUT2D eigenvalue weighted by Gasteiger charge is 2.12. The van der Waals surface area contributed by atoms with Gasteiger partial charge in [0, 0.05) is 6.04 Å². The highest BCUT2D eigenvalue weighted by atomic mass is 14.9. The third-order valence-electron chi connectivity index (χ3n) is 4.03. The molecule has 21 heavy (non-hydrogen) atoms. The Bertz CT molecular complexity index is 559. The van der Waals surface area contributed by atoms with E-state index in [1.807, 2.05) is 0 Å². The second-order valence-corrected chi connectivity index (χ2v) is 5.74. The molecule has 0 aliphatic carbocycles. The quantitative estimate of drug-likeness (QED) is 0.765. The molecule has 0 radical (unpaired) electrons. The second-order valence-electron chi connectivity index (χ2n) is 5.74. The molecule has 0 saturated heterocycles. The van der Waals surface area contributed by atoms with Crippen LogP contribution in [0.5, 0.6) is 0 Å². The Balaban J connectivity index is 2.22. The molecule has 1 N–H and O–H groups in total. The molecule has 0 spiro atoms. The van der Waals surface area contributed by atoms with Crippen molar-refractivity contribution in [1.29, 1.82) is 0 Å². The molecular formula is C20H27N. The molecule has 2 aromatic rings. The minimum absolute atomic E-state index is 0.396.